The van der Waals surface area contributed by atoms with E-state index in [2.05, 4.69) is 22.2 Å². The zero-order valence-electron chi connectivity index (χ0n) is 18.8. The lowest BCUT2D eigenvalue weighted by atomic mass is 9.91. The normalized spacial score (nSPS) is 14.9. The number of ether oxygens (including phenoxy) is 1. The van der Waals surface area contributed by atoms with E-state index in [-0.39, 0.29) is 0 Å². The van der Waals surface area contributed by atoms with Gasteiger partial charge < -0.3 is 24.2 Å². The standard InChI is InChI=1S/C25H31N3O4/c1-27(2)16-21-23(31-17-19-6-4-3-5-7-19)11-9-20-22(26-32-24(20)21)10-8-18-12-14-28(15-13-18)25(29)30/h3-7,9,11,18H,8,10,12-17H2,1-2H3,(H,29,30). The Morgan fingerprint density at radius 1 is 1.19 bits per heavy atom. The summed E-state index contributed by atoms with van der Waals surface area (Å²) in [6, 6.07) is 14.2. The molecule has 32 heavy (non-hydrogen) atoms. The van der Waals surface area contributed by atoms with Gasteiger partial charge in [-0.2, -0.15) is 0 Å². The van der Waals surface area contributed by atoms with Crippen LogP contribution in [0.2, 0.25) is 0 Å². The van der Waals surface area contributed by atoms with Crippen LogP contribution in [0.15, 0.2) is 47.0 Å². The Bertz CT molecular complexity index is 1040. The molecule has 7 heteroatoms. The van der Waals surface area contributed by atoms with Crippen LogP contribution in [0.5, 0.6) is 5.75 Å². The van der Waals surface area contributed by atoms with Crippen molar-refractivity contribution in [1.29, 1.82) is 0 Å². The van der Waals surface area contributed by atoms with Crippen molar-refractivity contribution in [1.82, 2.24) is 15.0 Å². The lowest BCUT2D eigenvalue weighted by Gasteiger charge is -2.29. The summed E-state index contributed by atoms with van der Waals surface area (Å²) in [6.45, 7) is 2.44. The molecule has 7 nitrogen and oxygen atoms in total. The predicted molar refractivity (Wildman–Crippen MR) is 123 cm³/mol. The molecule has 0 bridgehead atoms. The summed E-state index contributed by atoms with van der Waals surface area (Å²) in [5.41, 5.74) is 3.89. The number of hydrogen-bond donors (Lipinski definition) is 1. The van der Waals surface area contributed by atoms with Crippen molar-refractivity contribution in [3.05, 3.63) is 59.3 Å². The number of carboxylic acid groups (broad SMARTS) is 1. The minimum Gasteiger partial charge on any atom is -0.488 e. The highest BCUT2D eigenvalue weighted by Gasteiger charge is 2.23. The lowest BCUT2D eigenvalue weighted by molar-refractivity contribution is 0.123. The SMILES string of the molecule is CN(C)Cc1c(OCc2ccccc2)ccc2c(CCC3CCN(C(=O)O)CC3)noc12. The van der Waals surface area contributed by atoms with E-state index in [4.69, 9.17) is 14.4 Å². The Morgan fingerprint density at radius 3 is 2.62 bits per heavy atom. The molecular formula is C25H31N3O4. The second-order valence-corrected chi connectivity index (χ2v) is 8.81. The highest BCUT2D eigenvalue weighted by atomic mass is 16.5. The minimum atomic E-state index is -0.815. The first kappa shape index (κ1) is 22.1. The average molecular weight is 438 g/mol. The monoisotopic (exact) mass is 437 g/mol. The van der Waals surface area contributed by atoms with E-state index >= 15 is 0 Å². The smallest absolute Gasteiger partial charge is 0.407 e. The summed E-state index contributed by atoms with van der Waals surface area (Å²) in [7, 11) is 4.06. The molecule has 170 valence electrons. The molecule has 0 atom stereocenters. The van der Waals surface area contributed by atoms with Crippen molar-refractivity contribution >= 4 is 17.1 Å². The third-order valence-electron chi connectivity index (χ3n) is 6.16. The lowest BCUT2D eigenvalue weighted by Crippen LogP contribution is -2.37. The molecule has 0 radical (unpaired) electrons. The van der Waals surface area contributed by atoms with Crippen molar-refractivity contribution in [3.8, 4) is 5.75 Å². The van der Waals surface area contributed by atoms with Crippen LogP contribution in [-0.4, -0.2) is 53.3 Å². The zero-order valence-corrected chi connectivity index (χ0v) is 18.8. The minimum absolute atomic E-state index is 0.503. The number of aryl methyl sites for hydroxylation is 1. The molecule has 0 spiro atoms. The van der Waals surface area contributed by atoms with Crippen LogP contribution in [-0.2, 0) is 19.6 Å². The van der Waals surface area contributed by atoms with E-state index in [9.17, 15) is 4.79 Å². The number of carbonyl (C=O) groups is 1. The summed E-state index contributed by atoms with van der Waals surface area (Å²) in [6.07, 6.45) is 2.82. The fraction of sp³-hybridized carbons (Fsp3) is 0.440. The second-order valence-electron chi connectivity index (χ2n) is 8.81. The van der Waals surface area contributed by atoms with E-state index in [1.54, 1.807) is 0 Å². The van der Waals surface area contributed by atoms with Gasteiger partial charge in [0.1, 0.15) is 12.4 Å². The molecule has 1 N–H and O–H groups in total. The van der Waals surface area contributed by atoms with E-state index in [1.807, 2.05) is 44.4 Å². The molecular weight excluding hydrogens is 406 g/mol. The first-order valence-electron chi connectivity index (χ1n) is 11.2. The maximum absolute atomic E-state index is 11.1. The molecule has 1 aliphatic rings. The molecule has 1 aliphatic heterocycles. The van der Waals surface area contributed by atoms with Gasteiger partial charge in [-0.25, -0.2) is 4.79 Å². The highest BCUT2D eigenvalue weighted by molar-refractivity contribution is 5.84. The fourth-order valence-corrected chi connectivity index (χ4v) is 4.36. The van der Waals surface area contributed by atoms with Crippen molar-refractivity contribution in [3.63, 3.8) is 0 Å². The number of benzene rings is 2. The number of amides is 1. The van der Waals surface area contributed by atoms with Gasteiger partial charge in [-0.3, -0.25) is 0 Å². The predicted octanol–water partition coefficient (Wildman–Crippen LogP) is 4.79. The Balaban J connectivity index is 1.47. The van der Waals surface area contributed by atoms with Crippen molar-refractivity contribution in [2.45, 2.75) is 38.8 Å². The van der Waals surface area contributed by atoms with Gasteiger partial charge >= 0.3 is 6.09 Å². The summed E-state index contributed by atoms with van der Waals surface area (Å²) in [4.78, 5) is 14.7. The van der Waals surface area contributed by atoms with E-state index in [0.717, 1.165) is 59.2 Å². The third kappa shape index (κ3) is 5.22. The van der Waals surface area contributed by atoms with Crippen molar-refractivity contribution in [2.24, 2.45) is 5.92 Å². The van der Waals surface area contributed by atoms with Gasteiger partial charge in [0.05, 0.1) is 11.3 Å². The number of rotatable bonds is 8. The van der Waals surface area contributed by atoms with Gasteiger partial charge in [0, 0.05) is 25.0 Å². The Kier molecular flexibility index (Phi) is 6.95. The van der Waals surface area contributed by atoms with E-state index < -0.39 is 6.09 Å². The van der Waals surface area contributed by atoms with Crippen LogP contribution in [0, 0.1) is 5.92 Å². The number of nitrogens with zero attached hydrogens (tertiary/aromatic N) is 3. The molecule has 0 saturated carbocycles. The summed E-state index contributed by atoms with van der Waals surface area (Å²) >= 11 is 0. The average Bonchev–Trinajstić information content (AvgIpc) is 3.21. The summed E-state index contributed by atoms with van der Waals surface area (Å²) in [5.74, 6) is 1.34. The van der Waals surface area contributed by atoms with Crippen LogP contribution in [0.25, 0.3) is 11.0 Å². The summed E-state index contributed by atoms with van der Waals surface area (Å²) in [5, 5.41) is 14.6. The highest BCUT2D eigenvalue weighted by Crippen LogP contribution is 2.33. The van der Waals surface area contributed by atoms with Crippen LogP contribution in [0.4, 0.5) is 4.79 Å². The maximum Gasteiger partial charge on any atom is 0.407 e. The van der Waals surface area contributed by atoms with E-state index in [1.165, 1.54) is 4.90 Å². The van der Waals surface area contributed by atoms with Crippen LogP contribution in [0.3, 0.4) is 0 Å². The molecule has 2 aromatic carbocycles. The Hall–Kier alpha value is -3.06. The second kappa shape index (κ2) is 10.0. The summed E-state index contributed by atoms with van der Waals surface area (Å²) < 4.78 is 12.0. The maximum atomic E-state index is 11.1. The zero-order chi connectivity index (χ0) is 22.5. The van der Waals surface area contributed by atoms with Crippen molar-refractivity contribution in [2.75, 3.05) is 27.2 Å². The first-order chi connectivity index (χ1) is 15.5. The van der Waals surface area contributed by atoms with Gasteiger partial charge in [-0.05, 0) is 63.4 Å². The van der Waals surface area contributed by atoms with Crippen LogP contribution >= 0.6 is 0 Å². The van der Waals surface area contributed by atoms with Crippen molar-refractivity contribution < 1.29 is 19.2 Å². The molecule has 4 rings (SSSR count). The van der Waals surface area contributed by atoms with Gasteiger partial charge in [0.25, 0.3) is 0 Å². The molecule has 0 unspecified atom stereocenters. The number of fused-ring (bicyclic) bond motifs is 1. The third-order valence-corrected chi connectivity index (χ3v) is 6.16. The van der Waals surface area contributed by atoms with Gasteiger partial charge in [-0.1, -0.05) is 35.5 Å². The number of aromatic nitrogens is 1. The van der Waals surface area contributed by atoms with Crippen LogP contribution in [0.1, 0.15) is 36.1 Å². The molecule has 3 aromatic rings. The first-order valence-corrected chi connectivity index (χ1v) is 11.2. The molecule has 1 aromatic heterocycles. The number of likely N-dealkylation sites (tertiary alicyclic amines) is 1. The van der Waals surface area contributed by atoms with Gasteiger partial charge in [0.15, 0.2) is 5.58 Å². The Morgan fingerprint density at radius 2 is 1.94 bits per heavy atom. The van der Waals surface area contributed by atoms with Gasteiger partial charge in [-0.15, -0.1) is 0 Å². The molecule has 2 heterocycles. The van der Waals surface area contributed by atoms with Gasteiger partial charge in [0.2, 0.25) is 0 Å². The largest absolute Gasteiger partial charge is 0.488 e. The molecule has 0 aliphatic carbocycles. The van der Waals surface area contributed by atoms with E-state index in [0.29, 0.717) is 32.2 Å². The quantitative estimate of drug-likeness (QED) is 0.546. The van der Waals surface area contributed by atoms with Crippen LogP contribution < -0.4 is 4.74 Å². The molecule has 1 amide bonds. The number of hydrogen-bond acceptors (Lipinski definition) is 5. The molecule has 1 fully saturated rings. The molecule has 1 saturated heterocycles. The Labute approximate surface area is 188 Å². The topological polar surface area (TPSA) is 79.0 Å². The number of piperidine rings is 1. The fourth-order valence-electron chi connectivity index (χ4n) is 4.36.